The van der Waals surface area contributed by atoms with E-state index >= 15 is 0 Å². The topological polar surface area (TPSA) is 83.6 Å². The van der Waals surface area contributed by atoms with Gasteiger partial charge in [0.05, 0.1) is 11.5 Å². The molecule has 1 N–H and O–H groups in total. The normalized spacial score (nSPS) is 19.0. The van der Waals surface area contributed by atoms with Crippen LogP contribution in [0, 0.1) is 6.92 Å². The van der Waals surface area contributed by atoms with Crippen molar-refractivity contribution in [3.63, 3.8) is 0 Å². The molecule has 0 aromatic heterocycles. The molecular formula is C16H21ClN2O4S. The molecule has 1 aromatic rings. The molecule has 1 aromatic carbocycles. The van der Waals surface area contributed by atoms with Crippen LogP contribution in [0.3, 0.4) is 0 Å². The lowest BCUT2D eigenvalue weighted by Gasteiger charge is -2.26. The fourth-order valence-corrected chi connectivity index (χ4v) is 4.82. The summed E-state index contributed by atoms with van der Waals surface area (Å²) in [5, 5.41) is 3.26. The number of aryl methyl sites for hydroxylation is 1. The number of hydrogen-bond acceptors (Lipinski definition) is 4. The van der Waals surface area contributed by atoms with E-state index in [4.69, 9.17) is 11.6 Å². The van der Waals surface area contributed by atoms with Crippen LogP contribution in [0.5, 0.6) is 0 Å². The predicted molar refractivity (Wildman–Crippen MR) is 93.9 cm³/mol. The molecule has 6 nitrogen and oxygen atoms in total. The van der Waals surface area contributed by atoms with Crippen molar-refractivity contribution in [3.8, 4) is 0 Å². The number of nitrogens with zero attached hydrogens (tertiary/aromatic N) is 1. The van der Waals surface area contributed by atoms with E-state index in [9.17, 15) is 18.0 Å². The van der Waals surface area contributed by atoms with E-state index in [2.05, 4.69) is 5.32 Å². The van der Waals surface area contributed by atoms with Gasteiger partial charge in [0.15, 0.2) is 9.84 Å². The molecule has 1 unspecified atom stereocenters. The average molecular weight is 373 g/mol. The summed E-state index contributed by atoms with van der Waals surface area (Å²) in [5.41, 5.74) is 1.40. The van der Waals surface area contributed by atoms with Crippen LogP contribution in [-0.2, 0) is 19.4 Å². The van der Waals surface area contributed by atoms with Gasteiger partial charge in [-0.2, -0.15) is 0 Å². The second kappa shape index (κ2) is 7.53. The van der Waals surface area contributed by atoms with Gasteiger partial charge in [0.1, 0.15) is 6.42 Å². The first kappa shape index (κ1) is 18.7. The van der Waals surface area contributed by atoms with Gasteiger partial charge in [0, 0.05) is 23.3 Å². The molecule has 2 amide bonds. The van der Waals surface area contributed by atoms with Crippen molar-refractivity contribution in [3.05, 3.63) is 28.8 Å². The molecule has 1 saturated heterocycles. The SMILES string of the molecule is CCN(C(=O)CC(=O)Nc1ccc(Cl)cc1C)C1CCS(=O)(=O)C1. The summed E-state index contributed by atoms with van der Waals surface area (Å²) in [6, 6.07) is 4.73. The van der Waals surface area contributed by atoms with Crippen molar-refractivity contribution in [1.82, 2.24) is 4.90 Å². The van der Waals surface area contributed by atoms with Crippen LogP contribution < -0.4 is 5.32 Å². The Morgan fingerprint density at radius 1 is 1.38 bits per heavy atom. The fraction of sp³-hybridized carbons (Fsp3) is 0.500. The molecule has 132 valence electrons. The molecule has 0 radical (unpaired) electrons. The van der Waals surface area contributed by atoms with Crippen LogP contribution in [0.15, 0.2) is 18.2 Å². The number of amides is 2. The largest absolute Gasteiger partial charge is 0.338 e. The van der Waals surface area contributed by atoms with Crippen LogP contribution in [0.1, 0.15) is 25.3 Å². The number of anilines is 1. The quantitative estimate of drug-likeness (QED) is 0.801. The molecule has 24 heavy (non-hydrogen) atoms. The van der Waals surface area contributed by atoms with Crippen molar-refractivity contribution in [2.75, 3.05) is 23.4 Å². The predicted octanol–water partition coefficient (Wildman–Crippen LogP) is 2.01. The Kier molecular flexibility index (Phi) is 5.87. The number of carbonyl (C=O) groups is 2. The van der Waals surface area contributed by atoms with Crippen molar-refractivity contribution in [2.45, 2.75) is 32.7 Å². The van der Waals surface area contributed by atoms with Crippen LogP contribution in [0.25, 0.3) is 0 Å². The third-order valence-electron chi connectivity index (χ3n) is 4.08. The van der Waals surface area contributed by atoms with E-state index in [1.54, 1.807) is 25.1 Å². The summed E-state index contributed by atoms with van der Waals surface area (Å²) in [6.45, 7) is 3.97. The number of carbonyl (C=O) groups excluding carboxylic acids is 2. The highest BCUT2D eigenvalue weighted by Crippen LogP contribution is 2.21. The zero-order valence-electron chi connectivity index (χ0n) is 13.7. The number of benzene rings is 1. The zero-order chi connectivity index (χ0) is 17.9. The second-order valence-electron chi connectivity index (χ2n) is 5.92. The molecule has 0 spiro atoms. The monoisotopic (exact) mass is 372 g/mol. The van der Waals surface area contributed by atoms with Crippen molar-refractivity contribution < 1.29 is 18.0 Å². The van der Waals surface area contributed by atoms with E-state index < -0.39 is 15.7 Å². The van der Waals surface area contributed by atoms with Gasteiger partial charge >= 0.3 is 0 Å². The molecule has 0 aliphatic carbocycles. The highest BCUT2D eigenvalue weighted by molar-refractivity contribution is 7.91. The molecule has 0 bridgehead atoms. The maximum atomic E-state index is 12.4. The van der Waals surface area contributed by atoms with Crippen molar-refractivity contribution >= 4 is 38.9 Å². The number of nitrogens with one attached hydrogen (secondary N) is 1. The lowest BCUT2D eigenvalue weighted by Crippen LogP contribution is -2.42. The summed E-state index contributed by atoms with van der Waals surface area (Å²) < 4.78 is 23.2. The molecule has 8 heteroatoms. The van der Waals surface area contributed by atoms with E-state index in [1.807, 2.05) is 6.92 Å². The molecule has 1 atom stereocenters. The van der Waals surface area contributed by atoms with Crippen LogP contribution in [-0.4, -0.2) is 49.2 Å². The molecular weight excluding hydrogens is 352 g/mol. The average Bonchev–Trinajstić information content (AvgIpc) is 2.82. The summed E-state index contributed by atoms with van der Waals surface area (Å²) in [6.07, 6.45) is 0.117. The van der Waals surface area contributed by atoms with Gasteiger partial charge in [-0.3, -0.25) is 9.59 Å². The van der Waals surface area contributed by atoms with Gasteiger partial charge in [0.2, 0.25) is 11.8 Å². The number of rotatable bonds is 5. The van der Waals surface area contributed by atoms with Crippen molar-refractivity contribution in [2.24, 2.45) is 0 Å². The minimum absolute atomic E-state index is 0.0233. The standard InChI is InChI=1S/C16H21ClN2O4S/c1-3-19(13-6-7-24(22,23)10-13)16(21)9-15(20)18-14-5-4-12(17)8-11(14)2/h4-5,8,13H,3,6-7,9-10H2,1-2H3,(H,18,20). The molecule has 1 aliphatic rings. The Labute approximate surface area is 147 Å². The van der Waals surface area contributed by atoms with Gasteiger partial charge in [-0.25, -0.2) is 8.42 Å². The Morgan fingerprint density at radius 3 is 2.62 bits per heavy atom. The number of hydrogen-bond donors (Lipinski definition) is 1. The third kappa shape index (κ3) is 4.70. The van der Waals surface area contributed by atoms with E-state index in [0.29, 0.717) is 23.7 Å². The summed E-state index contributed by atoms with van der Waals surface area (Å²) in [5.74, 6) is -0.712. The first-order valence-corrected chi connectivity index (χ1v) is 9.97. The van der Waals surface area contributed by atoms with Gasteiger partial charge < -0.3 is 10.2 Å². The first-order valence-electron chi connectivity index (χ1n) is 7.77. The highest BCUT2D eigenvalue weighted by Gasteiger charge is 2.34. The Hall–Kier alpha value is -1.60. The molecule has 1 aliphatic heterocycles. The lowest BCUT2D eigenvalue weighted by molar-refractivity contribution is -0.135. The minimum atomic E-state index is -3.08. The maximum absolute atomic E-state index is 12.4. The van der Waals surface area contributed by atoms with E-state index in [0.717, 1.165) is 5.56 Å². The molecule has 0 saturated carbocycles. The second-order valence-corrected chi connectivity index (χ2v) is 8.59. The summed E-state index contributed by atoms with van der Waals surface area (Å²) in [7, 11) is -3.08. The van der Waals surface area contributed by atoms with Gasteiger partial charge in [-0.05, 0) is 44.0 Å². The smallest absolute Gasteiger partial charge is 0.233 e. The molecule has 2 rings (SSSR count). The zero-order valence-corrected chi connectivity index (χ0v) is 15.3. The van der Waals surface area contributed by atoms with E-state index in [1.165, 1.54) is 4.90 Å². The van der Waals surface area contributed by atoms with Crippen molar-refractivity contribution in [1.29, 1.82) is 0 Å². The number of halogens is 1. The van der Waals surface area contributed by atoms with E-state index in [-0.39, 0.29) is 29.9 Å². The van der Waals surface area contributed by atoms with Gasteiger partial charge in [-0.1, -0.05) is 11.6 Å². The molecule has 1 heterocycles. The summed E-state index contributed by atoms with van der Waals surface area (Å²) in [4.78, 5) is 26.0. The minimum Gasteiger partial charge on any atom is -0.338 e. The highest BCUT2D eigenvalue weighted by atomic mass is 35.5. The lowest BCUT2D eigenvalue weighted by atomic mass is 10.2. The van der Waals surface area contributed by atoms with Gasteiger partial charge in [0.25, 0.3) is 0 Å². The Bertz CT molecular complexity index is 748. The Balaban J connectivity index is 1.98. The van der Waals surface area contributed by atoms with Crippen LogP contribution in [0.4, 0.5) is 5.69 Å². The number of sulfone groups is 1. The Morgan fingerprint density at radius 2 is 2.08 bits per heavy atom. The first-order chi connectivity index (χ1) is 11.2. The maximum Gasteiger partial charge on any atom is 0.233 e. The molecule has 1 fully saturated rings. The summed E-state index contributed by atoms with van der Waals surface area (Å²) >= 11 is 5.87. The third-order valence-corrected chi connectivity index (χ3v) is 6.07. The van der Waals surface area contributed by atoms with Crippen LogP contribution >= 0.6 is 11.6 Å². The van der Waals surface area contributed by atoms with Gasteiger partial charge in [-0.15, -0.1) is 0 Å². The van der Waals surface area contributed by atoms with Crippen LogP contribution in [0.2, 0.25) is 5.02 Å². The fourth-order valence-electron chi connectivity index (χ4n) is 2.86.